The van der Waals surface area contributed by atoms with Crippen LogP contribution in [0.2, 0.25) is 0 Å². The van der Waals surface area contributed by atoms with Gasteiger partial charge in [-0.3, -0.25) is 18.8 Å². The maximum atomic E-state index is 13.4. The van der Waals surface area contributed by atoms with Crippen molar-refractivity contribution in [1.82, 2.24) is 19.4 Å². The number of carbonyl (C=O) groups excluding carboxylic acids is 1. The van der Waals surface area contributed by atoms with Gasteiger partial charge in [0.15, 0.2) is 0 Å². The van der Waals surface area contributed by atoms with Gasteiger partial charge in [-0.15, -0.1) is 0 Å². The number of nitriles is 1. The van der Waals surface area contributed by atoms with Gasteiger partial charge in [-0.1, -0.05) is 36.4 Å². The number of piperidine rings is 1. The van der Waals surface area contributed by atoms with Gasteiger partial charge in [0.05, 0.1) is 22.7 Å². The van der Waals surface area contributed by atoms with E-state index >= 15 is 0 Å². The molecular weight excluding hydrogens is 438 g/mol. The number of carbonyl (C=O) groups is 1. The lowest BCUT2D eigenvalue weighted by Crippen LogP contribution is -2.40. The van der Waals surface area contributed by atoms with Crippen LogP contribution in [0.25, 0.3) is 21.8 Å². The van der Waals surface area contributed by atoms with Crippen LogP contribution >= 0.6 is 0 Å². The summed E-state index contributed by atoms with van der Waals surface area (Å²) in [6, 6.07) is 20.9. The monoisotopic (exact) mass is 465 g/mol. The van der Waals surface area contributed by atoms with Crippen molar-refractivity contribution in [3.63, 3.8) is 0 Å². The first kappa shape index (κ1) is 21.6. The summed E-state index contributed by atoms with van der Waals surface area (Å²) < 4.78 is 3.48. The van der Waals surface area contributed by atoms with E-state index in [0.29, 0.717) is 0 Å². The zero-order valence-electron chi connectivity index (χ0n) is 19.7. The molecule has 2 aliphatic rings. The molecule has 176 valence electrons. The van der Waals surface area contributed by atoms with Gasteiger partial charge in [-0.2, -0.15) is 5.26 Å². The molecule has 1 fully saturated rings. The fourth-order valence-electron chi connectivity index (χ4n) is 6.12. The summed E-state index contributed by atoms with van der Waals surface area (Å²) in [7, 11) is 1.59. The number of amides is 1. The number of rotatable bonds is 4. The molecule has 6 rings (SSSR count). The van der Waals surface area contributed by atoms with Crippen molar-refractivity contribution in [1.29, 1.82) is 5.26 Å². The first-order chi connectivity index (χ1) is 17.1. The number of nitrogens with one attached hydrogen (secondary N) is 1. The Balaban J connectivity index is 1.28. The fraction of sp³-hybridized carbons (Fsp3) is 0.321. The molecule has 1 atom stereocenters. The third-order valence-electron chi connectivity index (χ3n) is 7.82. The maximum absolute atomic E-state index is 13.4. The Hall–Kier alpha value is -3.89. The van der Waals surface area contributed by atoms with Crippen molar-refractivity contribution in [2.24, 2.45) is 0 Å². The molecule has 3 aromatic carbocycles. The molecule has 35 heavy (non-hydrogen) atoms. The van der Waals surface area contributed by atoms with Gasteiger partial charge >= 0.3 is 5.69 Å². The number of imidazole rings is 1. The van der Waals surface area contributed by atoms with Crippen LogP contribution in [0.5, 0.6) is 0 Å². The summed E-state index contributed by atoms with van der Waals surface area (Å²) in [6.07, 6.45) is 2.58. The highest BCUT2D eigenvalue weighted by atomic mass is 16.2. The van der Waals surface area contributed by atoms with E-state index in [2.05, 4.69) is 40.6 Å². The zero-order chi connectivity index (χ0) is 24.1. The van der Waals surface area contributed by atoms with Crippen molar-refractivity contribution in [2.75, 3.05) is 20.1 Å². The Morgan fingerprint density at radius 2 is 1.83 bits per heavy atom. The minimum absolute atomic E-state index is 0.0211. The van der Waals surface area contributed by atoms with Gasteiger partial charge in [0.1, 0.15) is 6.54 Å². The second-order valence-electron chi connectivity index (χ2n) is 9.54. The molecule has 0 saturated carbocycles. The first-order valence-electron chi connectivity index (χ1n) is 12.2. The molecule has 4 aromatic rings. The average molecular weight is 466 g/mol. The topological polar surface area (TPSA) is 83.1 Å². The second-order valence-corrected chi connectivity index (χ2v) is 9.54. The molecule has 1 aliphatic carbocycles. The van der Waals surface area contributed by atoms with E-state index in [1.807, 2.05) is 34.9 Å². The number of fused-ring (bicyclic) bond motifs is 1. The van der Waals surface area contributed by atoms with Crippen LogP contribution in [0, 0.1) is 11.3 Å². The molecule has 2 heterocycles. The van der Waals surface area contributed by atoms with Crippen LogP contribution in [-0.2, 0) is 17.8 Å². The summed E-state index contributed by atoms with van der Waals surface area (Å²) in [6.45, 7) is 1.78. The molecule has 1 amide bonds. The predicted octanol–water partition coefficient (Wildman–Crippen LogP) is 3.51. The molecule has 1 saturated heterocycles. The van der Waals surface area contributed by atoms with Gasteiger partial charge in [-0.25, -0.2) is 4.79 Å². The van der Waals surface area contributed by atoms with E-state index in [1.165, 1.54) is 21.9 Å². The number of likely N-dealkylation sites (N-methyl/N-ethyl adjacent to an activating group) is 1. The molecule has 1 unspecified atom stereocenters. The lowest BCUT2D eigenvalue weighted by molar-refractivity contribution is -0.121. The summed E-state index contributed by atoms with van der Waals surface area (Å²) in [5.41, 5.74) is 4.82. The van der Waals surface area contributed by atoms with Crippen molar-refractivity contribution >= 4 is 27.7 Å². The van der Waals surface area contributed by atoms with Crippen LogP contribution in [0.3, 0.4) is 0 Å². The van der Waals surface area contributed by atoms with E-state index in [4.69, 9.17) is 0 Å². The molecule has 7 nitrogen and oxygen atoms in total. The highest BCUT2D eigenvalue weighted by Gasteiger charge is 2.34. The number of para-hydroxylation sites is 2. The minimum Gasteiger partial charge on any atom is -0.358 e. The lowest BCUT2D eigenvalue weighted by Gasteiger charge is -2.36. The number of likely N-dealkylation sites (tertiary alicyclic amines) is 1. The molecule has 0 radical (unpaired) electrons. The van der Waals surface area contributed by atoms with Crippen LogP contribution in [-0.4, -0.2) is 40.1 Å². The highest BCUT2D eigenvalue weighted by molar-refractivity contribution is 5.93. The number of nitrogens with zero attached hydrogens (tertiary/aromatic N) is 4. The van der Waals surface area contributed by atoms with Crippen molar-refractivity contribution in [3.8, 4) is 6.07 Å². The standard InChI is InChI=1S/C28H27N5O2/c1-30-26(34)17-32-23-7-2-3-8-24(23)33(28(32)35)20-11-13-31(14-12-20)25-15-22-19(16-29)10-9-18-5-4-6-21(25)27(18)22/h2-10,20,25H,11-15,17H2,1H3,(H,30,34). The summed E-state index contributed by atoms with van der Waals surface area (Å²) in [5, 5.41) is 14.7. The number of benzene rings is 3. The quantitative estimate of drug-likeness (QED) is 0.500. The second kappa shape index (κ2) is 8.40. The largest absolute Gasteiger partial charge is 0.358 e. The number of hydrogen-bond acceptors (Lipinski definition) is 4. The molecule has 0 spiro atoms. The lowest BCUT2D eigenvalue weighted by atomic mass is 9.99. The van der Waals surface area contributed by atoms with Gasteiger partial charge in [0, 0.05) is 32.2 Å². The first-order valence-corrected chi connectivity index (χ1v) is 12.2. The summed E-state index contributed by atoms with van der Waals surface area (Å²) in [5.74, 6) is -0.184. The smallest absolute Gasteiger partial charge is 0.329 e. The molecule has 1 N–H and O–H groups in total. The van der Waals surface area contributed by atoms with E-state index in [0.717, 1.165) is 48.9 Å². The fourth-order valence-corrected chi connectivity index (χ4v) is 6.12. The number of aromatic nitrogens is 2. The molecule has 1 aromatic heterocycles. The van der Waals surface area contributed by atoms with Crippen LogP contribution in [0.1, 0.15) is 41.6 Å². The Kier molecular flexibility index (Phi) is 5.19. The zero-order valence-corrected chi connectivity index (χ0v) is 19.7. The van der Waals surface area contributed by atoms with Gasteiger partial charge in [0.25, 0.3) is 0 Å². The Bertz CT molecular complexity index is 1570. The Morgan fingerprint density at radius 3 is 2.57 bits per heavy atom. The Morgan fingerprint density at radius 1 is 1.06 bits per heavy atom. The average Bonchev–Trinajstić information content (AvgIpc) is 3.41. The number of hydrogen-bond donors (Lipinski definition) is 1. The van der Waals surface area contributed by atoms with Gasteiger partial charge in [0.2, 0.25) is 5.91 Å². The summed E-state index contributed by atoms with van der Waals surface area (Å²) >= 11 is 0. The van der Waals surface area contributed by atoms with Gasteiger partial charge in [-0.05, 0) is 59.4 Å². The molecular formula is C28H27N5O2. The maximum Gasteiger partial charge on any atom is 0.329 e. The van der Waals surface area contributed by atoms with Crippen molar-refractivity contribution < 1.29 is 4.79 Å². The van der Waals surface area contributed by atoms with E-state index in [9.17, 15) is 14.9 Å². The SMILES string of the molecule is CNC(=O)Cn1c(=O)n(C2CCN(C3Cc4c(C#N)ccc5cccc3c45)CC2)c2ccccc21. The van der Waals surface area contributed by atoms with Crippen LogP contribution < -0.4 is 11.0 Å². The molecule has 7 heteroatoms. The van der Waals surface area contributed by atoms with Crippen molar-refractivity contribution in [3.05, 3.63) is 81.8 Å². The van der Waals surface area contributed by atoms with Crippen molar-refractivity contribution in [2.45, 2.75) is 37.9 Å². The van der Waals surface area contributed by atoms with Gasteiger partial charge < -0.3 is 5.32 Å². The third-order valence-corrected chi connectivity index (χ3v) is 7.82. The summed E-state index contributed by atoms with van der Waals surface area (Å²) in [4.78, 5) is 28.0. The highest BCUT2D eigenvalue weighted by Crippen LogP contribution is 2.43. The molecule has 0 bridgehead atoms. The molecule has 1 aliphatic heterocycles. The van der Waals surface area contributed by atoms with E-state index in [-0.39, 0.29) is 30.2 Å². The van der Waals surface area contributed by atoms with Crippen LogP contribution in [0.4, 0.5) is 0 Å². The third kappa shape index (κ3) is 3.36. The normalized spacial score (nSPS) is 18.2. The minimum atomic E-state index is -0.184. The predicted molar refractivity (Wildman–Crippen MR) is 135 cm³/mol. The van der Waals surface area contributed by atoms with E-state index in [1.54, 1.807) is 11.6 Å². The van der Waals surface area contributed by atoms with Crippen LogP contribution in [0.15, 0.2) is 59.4 Å². The Labute approximate surface area is 203 Å². The van der Waals surface area contributed by atoms with E-state index < -0.39 is 0 Å².